The van der Waals surface area contributed by atoms with E-state index in [0.29, 0.717) is 0 Å². The summed E-state index contributed by atoms with van der Waals surface area (Å²) in [5.41, 5.74) is 0. The minimum Gasteiger partial charge on any atom is -0.388 e. The molecule has 8 heteroatoms. The van der Waals surface area contributed by atoms with Gasteiger partial charge in [-0.05, 0) is 13.8 Å². The first-order valence-corrected chi connectivity index (χ1v) is 6.90. The maximum atomic E-state index is 11.4. The van der Waals surface area contributed by atoms with Crippen LogP contribution in [-0.4, -0.2) is 59.9 Å². The molecule has 3 N–H and O–H groups in total. The molecule has 0 aromatic heterocycles. The number of nitrogens with one attached hydrogen (secondary N) is 2. The smallest absolute Gasteiger partial charge is 0.217 e. The van der Waals surface area contributed by atoms with Crippen molar-refractivity contribution in [2.45, 2.75) is 64.1 Å². The van der Waals surface area contributed by atoms with Crippen molar-refractivity contribution >= 4 is 11.8 Å². The number of hydrogen-bond donors (Lipinski definition) is 3. The predicted molar refractivity (Wildman–Crippen MR) is 71.0 cm³/mol. The molecule has 2 saturated heterocycles. The van der Waals surface area contributed by atoms with Gasteiger partial charge in [0.15, 0.2) is 12.1 Å². The molecule has 0 unspecified atom stereocenters. The lowest BCUT2D eigenvalue weighted by atomic mass is 10.0. The van der Waals surface area contributed by atoms with Crippen molar-refractivity contribution in [3.63, 3.8) is 0 Å². The fourth-order valence-corrected chi connectivity index (χ4v) is 2.63. The van der Waals surface area contributed by atoms with Gasteiger partial charge in [0.2, 0.25) is 11.8 Å². The number of aliphatic hydroxyl groups excluding tert-OH is 1. The number of carbonyl (C=O) groups excluding carboxylic acids is 2. The molecule has 8 nitrogen and oxygen atoms in total. The van der Waals surface area contributed by atoms with Crippen LogP contribution in [0.2, 0.25) is 0 Å². The second-order valence-electron chi connectivity index (χ2n) is 5.80. The lowest BCUT2D eigenvalue weighted by Gasteiger charge is -2.28. The highest BCUT2D eigenvalue weighted by Gasteiger charge is 2.56. The van der Waals surface area contributed by atoms with E-state index in [2.05, 4.69) is 10.6 Å². The minimum atomic E-state index is -0.980. The van der Waals surface area contributed by atoms with E-state index in [1.807, 2.05) is 0 Å². The van der Waals surface area contributed by atoms with Crippen LogP contribution in [0.4, 0.5) is 0 Å². The predicted octanol–water partition coefficient (Wildman–Crippen LogP) is -1.14. The number of ether oxygens (including phenoxy) is 3. The Bertz CT molecular complexity index is 427. The summed E-state index contributed by atoms with van der Waals surface area (Å²) in [5.74, 6) is -1.31. The summed E-state index contributed by atoms with van der Waals surface area (Å²) in [5, 5.41) is 15.4. The fraction of sp³-hybridized carbons (Fsp3) is 0.846. The Morgan fingerprint density at radius 1 is 1.24 bits per heavy atom. The van der Waals surface area contributed by atoms with E-state index >= 15 is 0 Å². The minimum absolute atomic E-state index is 0.0267. The first-order chi connectivity index (χ1) is 9.69. The van der Waals surface area contributed by atoms with Crippen molar-refractivity contribution in [3.8, 4) is 0 Å². The first kappa shape index (κ1) is 16.2. The molecule has 21 heavy (non-hydrogen) atoms. The van der Waals surface area contributed by atoms with Gasteiger partial charge in [0.25, 0.3) is 0 Å². The van der Waals surface area contributed by atoms with E-state index in [0.717, 1.165) is 0 Å². The number of hydrogen-bond acceptors (Lipinski definition) is 6. The van der Waals surface area contributed by atoms with Gasteiger partial charge in [-0.25, -0.2) is 0 Å². The summed E-state index contributed by atoms with van der Waals surface area (Å²) in [6.45, 7) is 6.27. The Labute approximate surface area is 123 Å². The Morgan fingerprint density at radius 2 is 1.90 bits per heavy atom. The van der Waals surface area contributed by atoms with Crippen LogP contribution in [0.5, 0.6) is 0 Å². The Balaban J connectivity index is 2.07. The average Bonchev–Trinajstić information content (AvgIpc) is 2.79. The zero-order valence-corrected chi connectivity index (χ0v) is 12.6. The summed E-state index contributed by atoms with van der Waals surface area (Å²) in [6, 6.07) is -0.543. The van der Waals surface area contributed by atoms with Crippen LogP contribution >= 0.6 is 0 Å². The van der Waals surface area contributed by atoms with Crippen molar-refractivity contribution < 1.29 is 28.9 Å². The molecule has 0 radical (unpaired) electrons. The summed E-state index contributed by atoms with van der Waals surface area (Å²) >= 11 is 0. The van der Waals surface area contributed by atoms with Gasteiger partial charge >= 0.3 is 0 Å². The molecule has 0 aromatic carbocycles. The normalized spacial score (nSPS) is 35.1. The van der Waals surface area contributed by atoms with Crippen molar-refractivity contribution in [1.29, 1.82) is 0 Å². The molecule has 2 aliphatic rings. The third-order valence-corrected chi connectivity index (χ3v) is 3.40. The molecule has 0 bridgehead atoms. The zero-order chi connectivity index (χ0) is 15.8. The topological polar surface area (TPSA) is 106 Å². The van der Waals surface area contributed by atoms with Gasteiger partial charge in [-0.2, -0.15) is 0 Å². The molecule has 0 saturated carbocycles. The Kier molecular flexibility index (Phi) is 4.52. The second-order valence-corrected chi connectivity index (χ2v) is 5.80. The van der Waals surface area contributed by atoms with Gasteiger partial charge in [0, 0.05) is 20.4 Å². The highest BCUT2D eigenvalue weighted by molar-refractivity contribution is 5.73. The number of carbonyl (C=O) groups is 2. The van der Waals surface area contributed by atoms with Crippen molar-refractivity contribution in [2.75, 3.05) is 6.54 Å². The van der Waals surface area contributed by atoms with E-state index in [1.165, 1.54) is 13.8 Å². The maximum Gasteiger partial charge on any atom is 0.217 e. The highest BCUT2D eigenvalue weighted by Crippen LogP contribution is 2.38. The van der Waals surface area contributed by atoms with E-state index in [1.54, 1.807) is 13.8 Å². The highest BCUT2D eigenvalue weighted by atomic mass is 16.8. The van der Waals surface area contributed by atoms with Crippen LogP contribution in [0.25, 0.3) is 0 Å². The molecule has 2 heterocycles. The Morgan fingerprint density at radius 3 is 2.48 bits per heavy atom. The second kappa shape index (κ2) is 5.88. The Hall–Kier alpha value is -1.22. The largest absolute Gasteiger partial charge is 0.388 e. The molecule has 0 spiro atoms. The maximum absolute atomic E-state index is 11.4. The van der Waals surface area contributed by atoms with Crippen molar-refractivity contribution in [1.82, 2.24) is 10.6 Å². The molecule has 0 aliphatic carbocycles. The van der Waals surface area contributed by atoms with Gasteiger partial charge in [0.1, 0.15) is 12.2 Å². The van der Waals surface area contributed by atoms with Crippen LogP contribution in [0.1, 0.15) is 27.7 Å². The molecule has 2 amide bonds. The summed E-state index contributed by atoms with van der Waals surface area (Å²) in [4.78, 5) is 22.3. The summed E-state index contributed by atoms with van der Waals surface area (Å²) in [7, 11) is 0. The van der Waals surface area contributed by atoms with E-state index < -0.39 is 36.4 Å². The van der Waals surface area contributed by atoms with E-state index in [-0.39, 0.29) is 18.4 Å². The molecule has 5 atom stereocenters. The van der Waals surface area contributed by atoms with Crippen LogP contribution in [-0.2, 0) is 23.8 Å². The zero-order valence-electron chi connectivity index (χ0n) is 12.6. The fourth-order valence-electron chi connectivity index (χ4n) is 2.63. The monoisotopic (exact) mass is 302 g/mol. The van der Waals surface area contributed by atoms with Crippen molar-refractivity contribution in [3.05, 3.63) is 0 Å². The van der Waals surface area contributed by atoms with Gasteiger partial charge in [-0.15, -0.1) is 0 Å². The summed E-state index contributed by atoms with van der Waals surface area (Å²) < 4.78 is 17.0. The quantitative estimate of drug-likeness (QED) is 0.606. The third kappa shape index (κ3) is 3.70. The number of amides is 2. The molecule has 2 rings (SSSR count). The van der Waals surface area contributed by atoms with E-state index in [4.69, 9.17) is 14.2 Å². The number of rotatable bonds is 4. The van der Waals surface area contributed by atoms with Crippen LogP contribution < -0.4 is 10.6 Å². The average molecular weight is 302 g/mol. The van der Waals surface area contributed by atoms with Gasteiger partial charge in [-0.1, -0.05) is 0 Å². The third-order valence-electron chi connectivity index (χ3n) is 3.40. The van der Waals surface area contributed by atoms with Crippen LogP contribution in [0.15, 0.2) is 0 Å². The van der Waals surface area contributed by atoms with Gasteiger partial charge in [-0.3, -0.25) is 9.59 Å². The SMILES string of the molecule is CC(=O)NC[C@H](O)[C@@H]1O[C@H]2OC(C)(C)O[C@H]2[C@H]1NC(C)=O. The lowest BCUT2D eigenvalue weighted by molar-refractivity contribution is -0.216. The molecule has 0 aromatic rings. The van der Waals surface area contributed by atoms with E-state index in [9.17, 15) is 14.7 Å². The van der Waals surface area contributed by atoms with Crippen LogP contribution in [0, 0.1) is 0 Å². The molecule has 2 fully saturated rings. The number of fused-ring (bicyclic) bond motifs is 1. The van der Waals surface area contributed by atoms with Crippen LogP contribution in [0.3, 0.4) is 0 Å². The molecular weight excluding hydrogens is 280 g/mol. The first-order valence-electron chi connectivity index (χ1n) is 6.90. The van der Waals surface area contributed by atoms with Gasteiger partial charge in [0.05, 0.1) is 12.1 Å². The number of aliphatic hydroxyl groups is 1. The van der Waals surface area contributed by atoms with Gasteiger partial charge < -0.3 is 30.0 Å². The summed E-state index contributed by atoms with van der Waals surface area (Å²) in [6.07, 6.45) is -2.85. The molecule has 120 valence electrons. The lowest BCUT2D eigenvalue weighted by Crippen LogP contribution is -2.53. The van der Waals surface area contributed by atoms with Crippen molar-refractivity contribution in [2.24, 2.45) is 0 Å². The molecule has 2 aliphatic heterocycles. The standard InChI is InChI=1S/C13H22N2O6/c1-6(16)14-5-8(18)10-9(15-7(2)17)11-12(19-10)21-13(3,4)20-11/h8-12,18H,5H2,1-4H3,(H,14,16)(H,15,17)/t8-,9-,10-,11-,12-/m0/s1. The molecular formula is C13H22N2O6.